The van der Waals surface area contributed by atoms with E-state index in [9.17, 15) is 0 Å². The van der Waals surface area contributed by atoms with Gasteiger partial charge in [0, 0.05) is 6.42 Å². The molecule has 0 radical (unpaired) electrons. The van der Waals surface area contributed by atoms with E-state index in [0.717, 1.165) is 10.9 Å². The SMILES string of the molecule is C#CC[N+](C)(C)[C@H]1C[C@H]1O. The zero-order valence-corrected chi connectivity index (χ0v) is 6.54. The molecule has 0 bridgehead atoms. The molecule has 1 aliphatic rings. The molecule has 56 valence electrons. The Bertz CT molecular complexity index is 169. The molecule has 0 aromatic rings. The van der Waals surface area contributed by atoms with Crippen molar-refractivity contribution in [2.75, 3.05) is 20.6 Å². The van der Waals surface area contributed by atoms with Crippen LogP contribution in [-0.2, 0) is 0 Å². The molecule has 10 heavy (non-hydrogen) atoms. The number of rotatable bonds is 2. The molecule has 2 heteroatoms. The molecule has 1 aliphatic carbocycles. The fourth-order valence-electron chi connectivity index (χ4n) is 1.27. The first kappa shape index (κ1) is 7.59. The van der Waals surface area contributed by atoms with Crippen LogP contribution in [0.25, 0.3) is 0 Å². The highest BCUT2D eigenvalue weighted by molar-refractivity contribution is 4.91. The number of hydrogen-bond donors (Lipinski definition) is 1. The molecular weight excluding hydrogens is 126 g/mol. The lowest BCUT2D eigenvalue weighted by Crippen LogP contribution is -2.43. The predicted octanol–water partition coefficient (Wildman–Crippen LogP) is -0.171. The van der Waals surface area contributed by atoms with Crippen LogP contribution < -0.4 is 0 Å². The van der Waals surface area contributed by atoms with Gasteiger partial charge in [0.15, 0.2) is 0 Å². The van der Waals surface area contributed by atoms with E-state index in [1.54, 1.807) is 0 Å². The van der Waals surface area contributed by atoms with E-state index in [-0.39, 0.29) is 6.10 Å². The minimum Gasteiger partial charge on any atom is -0.387 e. The van der Waals surface area contributed by atoms with Gasteiger partial charge in [-0.2, -0.15) is 0 Å². The third kappa shape index (κ3) is 1.31. The van der Waals surface area contributed by atoms with Crippen molar-refractivity contribution in [1.82, 2.24) is 0 Å². The van der Waals surface area contributed by atoms with E-state index >= 15 is 0 Å². The molecule has 2 nitrogen and oxygen atoms in total. The van der Waals surface area contributed by atoms with Gasteiger partial charge in [-0.25, -0.2) is 0 Å². The van der Waals surface area contributed by atoms with Gasteiger partial charge in [0.1, 0.15) is 18.7 Å². The van der Waals surface area contributed by atoms with Gasteiger partial charge < -0.3 is 9.59 Å². The van der Waals surface area contributed by atoms with Crippen molar-refractivity contribution < 1.29 is 9.59 Å². The first-order chi connectivity index (χ1) is 4.58. The zero-order chi connectivity index (χ0) is 7.78. The summed E-state index contributed by atoms with van der Waals surface area (Å²) in [5.74, 6) is 2.61. The van der Waals surface area contributed by atoms with Crippen LogP contribution in [0, 0.1) is 12.3 Å². The Hall–Kier alpha value is -0.520. The summed E-state index contributed by atoms with van der Waals surface area (Å²) in [6.45, 7) is 0.710. The fourth-order valence-corrected chi connectivity index (χ4v) is 1.27. The molecule has 2 atom stereocenters. The molecule has 0 amide bonds. The summed E-state index contributed by atoms with van der Waals surface area (Å²) < 4.78 is 0.762. The van der Waals surface area contributed by atoms with E-state index in [2.05, 4.69) is 20.0 Å². The van der Waals surface area contributed by atoms with Gasteiger partial charge in [-0.05, 0) is 5.92 Å². The Morgan fingerprint density at radius 2 is 2.20 bits per heavy atom. The van der Waals surface area contributed by atoms with Crippen LogP contribution >= 0.6 is 0 Å². The van der Waals surface area contributed by atoms with Gasteiger partial charge in [-0.15, -0.1) is 6.42 Å². The van der Waals surface area contributed by atoms with Crippen LogP contribution in [-0.4, -0.2) is 42.4 Å². The van der Waals surface area contributed by atoms with Crippen LogP contribution in [0.1, 0.15) is 6.42 Å². The average Bonchev–Trinajstić information content (AvgIpc) is 2.46. The van der Waals surface area contributed by atoms with Crippen molar-refractivity contribution in [3.05, 3.63) is 0 Å². The summed E-state index contributed by atoms with van der Waals surface area (Å²) in [6.07, 6.45) is 5.98. The van der Waals surface area contributed by atoms with Gasteiger partial charge >= 0.3 is 0 Å². The molecule has 0 aromatic heterocycles. The number of likely N-dealkylation sites (N-methyl/N-ethyl adjacent to an activating group) is 1. The second-order valence-corrected chi connectivity index (χ2v) is 3.51. The Balaban J connectivity index is 2.45. The van der Waals surface area contributed by atoms with Crippen molar-refractivity contribution in [3.8, 4) is 12.3 Å². The summed E-state index contributed by atoms with van der Waals surface area (Å²) in [5.41, 5.74) is 0. The minimum atomic E-state index is -0.108. The molecular formula is C8H14NO+. The lowest BCUT2D eigenvalue weighted by atomic mass is 10.4. The Labute approximate surface area is 62.1 Å². The van der Waals surface area contributed by atoms with E-state index in [1.165, 1.54) is 0 Å². The molecule has 1 saturated carbocycles. The van der Waals surface area contributed by atoms with E-state index in [0.29, 0.717) is 12.6 Å². The number of nitrogens with zero attached hydrogens (tertiary/aromatic N) is 1. The number of aliphatic hydroxyl groups excluding tert-OH is 1. The van der Waals surface area contributed by atoms with Gasteiger partial charge in [-0.1, -0.05) is 0 Å². The summed E-state index contributed by atoms with van der Waals surface area (Å²) in [4.78, 5) is 0. The number of aliphatic hydroxyl groups is 1. The topological polar surface area (TPSA) is 20.2 Å². The minimum absolute atomic E-state index is 0.108. The number of quaternary nitrogens is 1. The Morgan fingerprint density at radius 1 is 1.70 bits per heavy atom. The fraction of sp³-hybridized carbons (Fsp3) is 0.750. The van der Waals surface area contributed by atoms with Crippen LogP contribution in [0.15, 0.2) is 0 Å². The quantitative estimate of drug-likeness (QED) is 0.417. The maximum atomic E-state index is 9.10. The smallest absolute Gasteiger partial charge is 0.140 e. The van der Waals surface area contributed by atoms with E-state index < -0.39 is 0 Å². The highest BCUT2D eigenvalue weighted by atomic mass is 16.3. The average molecular weight is 140 g/mol. The maximum Gasteiger partial charge on any atom is 0.140 e. The third-order valence-corrected chi connectivity index (χ3v) is 2.12. The van der Waals surface area contributed by atoms with E-state index in [1.807, 2.05) is 0 Å². The highest BCUT2D eigenvalue weighted by Gasteiger charge is 2.47. The van der Waals surface area contributed by atoms with Gasteiger partial charge in [0.2, 0.25) is 0 Å². The molecule has 0 spiro atoms. The zero-order valence-electron chi connectivity index (χ0n) is 6.54. The van der Waals surface area contributed by atoms with Crippen LogP contribution in [0.4, 0.5) is 0 Å². The van der Waals surface area contributed by atoms with Gasteiger partial charge in [0.05, 0.1) is 14.1 Å². The van der Waals surface area contributed by atoms with Crippen molar-refractivity contribution in [2.24, 2.45) is 0 Å². The lowest BCUT2D eigenvalue weighted by Gasteiger charge is -2.27. The number of hydrogen-bond acceptors (Lipinski definition) is 1. The normalized spacial score (nSPS) is 31.4. The predicted molar refractivity (Wildman–Crippen MR) is 40.2 cm³/mol. The number of terminal acetylenes is 1. The highest BCUT2D eigenvalue weighted by Crippen LogP contribution is 2.30. The third-order valence-electron chi connectivity index (χ3n) is 2.12. The molecule has 1 N–H and O–H groups in total. The second kappa shape index (κ2) is 2.26. The van der Waals surface area contributed by atoms with Crippen molar-refractivity contribution in [2.45, 2.75) is 18.6 Å². The second-order valence-electron chi connectivity index (χ2n) is 3.51. The Kier molecular flexibility index (Phi) is 1.72. The molecule has 0 unspecified atom stereocenters. The first-order valence-corrected chi connectivity index (χ1v) is 3.52. The summed E-state index contributed by atoms with van der Waals surface area (Å²) in [6, 6.07) is 0.385. The molecule has 0 aliphatic heterocycles. The molecule has 0 saturated heterocycles. The molecule has 0 aromatic carbocycles. The largest absolute Gasteiger partial charge is 0.387 e. The molecule has 1 fully saturated rings. The van der Waals surface area contributed by atoms with Crippen LogP contribution in [0.5, 0.6) is 0 Å². The van der Waals surface area contributed by atoms with E-state index in [4.69, 9.17) is 11.5 Å². The summed E-state index contributed by atoms with van der Waals surface area (Å²) in [7, 11) is 4.11. The molecule has 0 heterocycles. The van der Waals surface area contributed by atoms with Crippen molar-refractivity contribution in [3.63, 3.8) is 0 Å². The van der Waals surface area contributed by atoms with Crippen LogP contribution in [0.2, 0.25) is 0 Å². The Morgan fingerprint density at radius 3 is 2.50 bits per heavy atom. The van der Waals surface area contributed by atoms with Gasteiger partial charge in [0.25, 0.3) is 0 Å². The summed E-state index contributed by atoms with van der Waals surface area (Å²) in [5, 5.41) is 9.10. The van der Waals surface area contributed by atoms with Crippen LogP contribution in [0.3, 0.4) is 0 Å². The monoisotopic (exact) mass is 140 g/mol. The maximum absolute atomic E-state index is 9.10. The molecule has 1 rings (SSSR count). The standard InChI is InChI=1S/C8H14NO/c1-4-5-9(2,3)7-6-8(7)10/h1,7-8,10H,5-6H2,2-3H3/q+1/t7-,8+/m0/s1. The van der Waals surface area contributed by atoms with Gasteiger partial charge in [-0.3, -0.25) is 0 Å². The summed E-state index contributed by atoms with van der Waals surface area (Å²) >= 11 is 0. The van der Waals surface area contributed by atoms with Crippen molar-refractivity contribution in [1.29, 1.82) is 0 Å². The van der Waals surface area contributed by atoms with Crippen molar-refractivity contribution >= 4 is 0 Å². The lowest BCUT2D eigenvalue weighted by molar-refractivity contribution is -0.895. The first-order valence-electron chi connectivity index (χ1n) is 3.52.